The second-order valence-corrected chi connectivity index (χ2v) is 5.57. The predicted molar refractivity (Wildman–Crippen MR) is 76.6 cm³/mol. The zero-order valence-electron chi connectivity index (χ0n) is 10.6. The van der Waals surface area contributed by atoms with Crippen LogP contribution in [0.25, 0.3) is 0 Å². The summed E-state index contributed by atoms with van der Waals surface area (Å²) in [6, 6.07) is 6.16. The van der Waals surface area contributed by atoms with Crippen molar-refractivity contribution in [3.05, 3.63) is 33.8 Å². The van der Waals surface area contributed by atoms with Crippen LogP contribution in [0, 0.1) is 5.92 Å². The number of hydrogen-bond acceptors (Lipinski definition) is 2. The summed E-state index contributed by atoms with van der Waals surface area (Å²) in [6.07, 6.45) is 1.98. The van der Waals surface area contributed by atoms with E-state index in [1.54, 1.807) is 0 Å². The van der Waals surface area contributed by atoms with Gasteiger partial charge in [-0.05, 0) is 43.1 Å². The standard InChI is InChI=1S/C14H19Cl2NO/c1-2-17-14-5-6-18-9-11(14)7-10-8-12(15)3-4-13(10)16/h3-4,8,11,14,17H,2,5-7,9H2,1H3/t11-,14-/m0/s1. The molecule has 0 radical (unpaired) electrons. The molecule has 0 aliphatic carbocycles. The molecule has 1 aliphatic rings. The Morgan fingerprint density at radius 3 is 3.00 bits per heavy atom. The highest BCUT2D eigenvalue weighted by atomic mass is 35.5. The van der Waals surface area contributed by atoms with Gasteiger partial charge in [0.05, 0.1) is 6.61 Å². The Morgan fingerprint density at radius 1 is 1.39 bits per heavy atom. The molecule has 1 aliphatic heterocycles. The highest BCUT2D eigenvalue weighted by Gasteiger charge is 2.25. The fourth-order valence-corrected chi connectivity index (χ4v) is 2.90. The van der Waals surface area contributed by atoms with Gasteiger partial charge in [-0.1, -0.05) is 30.1 Å². The summed E-state index contributed by atoms with van der Waals surface area (Å²) in [7, 11) is 0. The molecule has 0 spiro atoms. The molecule has 0 saturated carbocycles. The highest BCUT2D eigenvalue weighted by molar-refractivity contribution is 6.33. The molecular formula is C14H19Cl2NO. The molecule has 2 nitrogen and oxygen atoms in total. The van der Waals surface area contributed by atoms with E-state index in [1.165, 1.54) is 0 Å². The van der Waals surface area contributed by atoms with Gasteiger partial charge in [-0.2, -0.15) is 0 Å². The van der Waals surface area contributed by atoms with Crippen molar-refractivity contribution in [3.8, 4) is 0 Å². The van der Waals surface area contributed by atoms with Crippen LogP contribution in [-0.2, 0) is 11.2 Å². The molecule has 1 fully saturated rings. The molecule has 0 aromatic heterocycles. The Bertz CT molecular complexity index is 395. The van der Waals surface area contributed by atoms with Crippen molar-refractivity contribution in [2.45, 2.75) is 25.8 Å². The van der Waals surface area contributed by atoms with Crippen LogP contribution in [0.1, 0.15) is 18.9 Å². The third-order valence-corrected chi connectivity index (χ3v) is 4.03. The molecule has 1 N–H and O–H groups in total. The normalized spacial score (nSPS) is 24.2. The lowest BCUT2D eigenvalue weighted by molar-refractivity contribution is 0.0327. The SMILES string of the molecule is CCN[C@H]1CCOC[C@@H]1Cc1cc(Cl)ccc1Cl. The highest BCUT2D eigenvalue weighted by Crippen LogP contribution is 2.26. The molecule has 2 atom stereocenters. The van der Waals surface area contributed by atoms with E-state index in [0.717, 1.165) is 48.2 Å². The lowest BCUT2D eigenvalue weighted by Gasteiger charge is -2.32. The van der Waals surface area contributed by atoms with Gasteiger partial charge in [-0.15, -0.1) is 0 Å². The molecule has 0 amide bonds. The van der Waals surface area contributed by atoms with Crippen LogP contribution >= 0.6 is 23.2 Å². The molecule has 18 heavy (non-hydrogen) atoms. The average Bonchev–Trinajstić information content (AvgIpc) is 2.36. The van der Waals surface area contributed by atoms with Crippen LogP contribution in [0.15, 0.2) is 18.2 Å². The van der Waals surface area contributed by atoms with Crippen LogP contribution in [0.4, 0.5) is 0 Å². The quantitative estimate of drug-likeness (QED) is 0.914. The van der Waals surface area contributed by atoms with Gasteiger partial charge in [0.2, 0.25) is 0 Å². The molecule has 4 heteroatoms. The van der Waals surface area contributed by atoms with Gasteiger partial charge in [-0.25, -0.2) is 0 Å². The summed E-state index contributed by atoms with van der Waals surface area (Å²) in [5.74, 6) is 0.467. The topological polar surface area (TPSA) is 21.3 Å². The van der Waals surface area contributed by atoms with Crippen LogP contribution in [0.3, 0.4) is 0 Å². The van der Waals surface area contributed by atoms with E-state index in [4.69, 9.17) is 27.9 Å². The Kier molecular flexibility index (Phi) is 5.31. The van der Waals surface area contributed by atoms with Crippen molar-refractivity contribution in [1.29, 1.82) is 0 Å². The fraction of sp³-hybridized carbons (Fsp3) is 0.571. The van der Waals surface area contributed by atoms with Gasteiger partial charge in [0, 0.05) is 28.6 Å². The van der Waals surface area contributed by atoms with Crippen molar-refractivity contribution < 1.29 is 4.74 Å². The van der Waals surface area contributed by atoms with Crippen LogP contribution < -0.4 is 5.32 Å². The largest absolute Gasteiger partial charge is 0.381 e. The fourth-order valence-electron chi connectivity index (χ4n) is 2.51. The summed E-state index contributed by atoms with van der Waals surface area (Å²) < 4.78 is 5.58. The van der Waals surface area contributed by atoms with Crippen molar-refractivity contribution in [2.24, 2.45) is 5.92 Å². The van der Waals surface area contributed by atoms with Gasteiger partial charge in [0.25, 0.3) is 0 Å². The smallest absolute Gasteiger partial charge is 0.0512 e. The maximum absolute atomic E-state index is 6.22. The van der Waals surface area contributed by atoms with Crippen molar-refractivity contribution in [2.75, 3.05) is 19.8 Å². The lowest BCUT2D eigenvalue weighted by atomic mass is 9.89. The number of ether oxygens (including phenoxy) is 1. The van der Waals surface area contributed by atoms with Crippen molar-refractivity contribution in [1.82, 2.24) is 5.32 Å². The van der Waals surface area contributed by atoms with Gasteiger partial charge in [-0.3, -0.25) is 0 Å². The third-order valence-electron chi connectivity index (χ3n) is 3.43. The Balaban J connectivity index is 2.08. The summed E-state index contributed by atoms with van der Waals surface area (Å²) >= 11 is 12.2. The summed E-state index contributed by atoms with van der Waals surface area (Å²) in [4.78, 5) is 0. The molecule has 1 aromatic carbocycles. The van der Waals surface area contributed by atoms with Gasteiger partial charge < -0.3 is 10.1 Å². The minimum Gasteiger partial charge on any atom is -0.381 e. The average molecular weight is 288 g/mol. The Labute approximate surface area is 119 Å². The second kappa shape index (κ2) is 6.76. The summed E-state index contributed by atoms with van der Waals surface area (Å²) in [5.41, 5.74) is 1.11. The zero-order valence-corrected chi connectivity index (χ0v) is 12.1. The van der Waals surface area contributed by atoms with E-state index in [2.05, 4.69) is 12.2 Å². The van der Waals surface area contributed by atoms with Crippen molar-refractivity contribution >= 4 is 23.2 Å². The van der Waals surface area contributed by atoms with E-state index >= 15 is 0 Å². The van der Waals surface area contributed by atoms with E-state index in [1.807, 2.05) is 18.2 Å². The maximum atomic E-state index is 6.22. The molecular weight excluding hydrogens is 269 g/mol. The zero-order chi connectivity index (χ0) is 13.0. The first kappa shape index (κ1) is 14.1. The first-order valence-corrected chi connectivity index (χ1v) is 7.21. The lowest BCUT2D eigenvalue weighted by Crippen LogP contribution is -2.43. The maximum Gasteiger partial charge on any atom is 0.0512 e. The Hall–Kier alpha value is -0.280. The summed E-state index contributed by atoms with van der Waals surface area (Å²) in [6.45, 7) is 4.77. The van der Waals surface area contributed by atoms with E-state index in [-0.39, 0.29) is 0 Å². The first-order valence-electron chi connectivity index (χ1n) is 6.45. The van der Waals surface area contributed by atoms with E-state index < -0.39 is 0 Å². The minimum atomic E-state index is 0.467. The Morgan fingerprint density at radius 2 is 2.22 bits per heavy atom. The van der Waals surface area contributed by atoms with E-state index in [9.17, 15) is 0 Å². The number of benzene rings is 1. The molecule has 2 rings (SSSR count). The number of halogens is 2. The molecule has 1 saturated heterocycles. The molecule has 100 valence electrons. The second-order valence-electron chi connectivity index (χ2n) is 4.73. The molecule has 1 aromatic rings. The van der Waals surface area contributed by atoms with Crippen LogP contribution in [-0.4, -0.2) is 25.8 Å². The molecule has 0 unspecified atom stereocenters. The van der Waals surface area contributed by atoms with E-state index in [0.29, 0.717) is 12.0 Å². The summed E-state index contributed by atoms with van der Waals surface area (Å²) in [5, 5.41) is 5.07. The number of hydrogen-bond donors (Lipinski definition) is 1. The minimum absolute atomic E-state index is 0.467. The van der Waals surface area contributed by atoms with Crippen molar-refractivity contribution in [3.63, 3.8) is 0 Å². The number of rotatable bonds is 4. The first-order chi connectivity index (χ1) is 8.70. The van der Waals surface area contributed by atoms with Gasteiger partial charge in [0.15, 0.2) is 0 Å². The van der Waals surface area contributed by atoms with Crippen LogP contribution in [0.5, 0.6) is 0 Å². The molecule has 1 heterocycles. The third kappa shape index (κ3) is 3.61. The van der Waals surface area contributed by atoms with Gasteiger partial charge >= 0.3 is 0 Å². The number of nitrogens with one attached hydrogen (secondary N) is 1. The van der Waals surface area contributed by atoms with Crippen LogP contribution in [0.2, 0.25) is 10.0 Å². The monoisotopic (exact) mass is 287 g/mol. The molecule has 0 bridgehead atoms. The van der Waals surface area contributed by atoms with Gasteiger partial charge in [0.1, 0.15) is 0 Å². The predicted octanol–water partition coefficient (Wildman–Crippen LogP) is 3.55.